The molecule has 0 aromatic heterocycles. The number of piperidine rings is 1. The van der Waals surface area contributed by atoms with Gasteiger partial charge in [-0.25, -0.2) is 4.79 Å². The van der Waals surface area contributed by atoms with E-state index >= 15 is 0 Å². The number of amides is 2. The van der Waals surface area contributed by atoms with Gasteiger partial charge in [0.25, 0.3) is 0 Å². The van der Waals surface area contributed by atoms with Gasteiger partial charge < -0.3 is 20.6 Å². The zero-order chi connectivity index (χ0) is 14.5. The number of rotatable bonds is 5. The van der Waals surface area contributed by atoms with Crippen LogP contribution in [0.2, 0.25) is 0 Å². The fourth-order valence-electron chi connectivity index (χ4n) is 3.17. The van der Waals surface area contributed by atoms with E-state index in [1.807, 2.05) is 0 Å². The van der Waals surface area contributed by atoms with Crippen LogP contribution in [0.1, 0.15) is 46.0 Å². The van der Waals surface area contributed by atoms with Crippen molar-refractivity contribution in [1.82, 2.24) is 15.5 Å². The Bertz CT molecular complexity index is 320. The van der Waals surface area contributed by atoms with E-state index in [0.717, 1.165) is 12.6 Å². The zero-order valence-corrected chi connectivity index (χ0v) is 12.8. The predicted molar refractivity (Wildman–Crippen MR) is 79.6 cm³/mol. The molecular formula is C15H29N3O2. The molecule has 1 aliphatic carbocycles. The third kappa shape index (κ3) is 4.09. The number of likely N-dealkylation sites (tertiary alicyclic amines) is 1. The minimum absolute atomic E-state index is 0.0271. The number of aliphatic hydroxyl groups is 1. The first-order valence-corrected chi connectivity index (χ1v) is 8.02. The summed E-state index contributed by atoms with van der Waals surface area (Å²) < 4.78 is 0. The smallest absolute Gasteiger partial charge is 0.315 e. The normalized spacial score (nSPS) is 27.4. The summed E-state index contributed by atoms with van der Waals surface area (Å²) >= 11 is 0. The fourth-order valence-corrected chi connectivity index (χ4v) is 3.17. The van der Waals surface area contributed by atoms with E-state index < -0.39 is 0 Å². The summed E-state index contributed by atoms with van der Waals surface area (Å²) in [4.78, 5) is 14.4. The number of hydrogen-bond donors (Lipinski definition) is 3. The van der Waals surface area contributed by atoms with Crippen molar-refractivity contribution < 1.29 is 9.90 Å². The van der Waals surface area contributed by atoms with Crippen molar-refractivity contribution in [3.8, 4) is 0 Å². The highest BCUT2D eigenvalue weighted by atomic mass is 16.3. The second kappa shape index (κ2) is 7.27. The second-order valence-corrected chi connectivity index (χ2v) is 6.47. The van der Waals surface area contributed by atoms with Gasteiger partial charge in [0, 0.05) is 18.6 Å². The number of aliphatic hydroxyl groups excluding tert-OH is 1. The van der Waals surface area contributed by atoms with E-state index in [-0.39, 0.29) is 24.7 Å². The highest BCUT2D eigenvalue weighted by molar-refractivity contribution is 5.74. The lowest BCUT2D eigenvalue weighted by atomic mass is 9.86. The molecule has 3 unspecified atom stereocenters. The van der Waals surface area contributed by atoms with Crippen molar-refractivity contribution in [2.24, 2.45) is 5.92 Å². The van der Waals surface area contributed by atoms with Crippen LogP contribution in [-0.4, -0.2) is 53.9 Å². The number of nitrogens with zero attached hydrogens (tertiary/aromatic N) is 1. The molecule has 0 aromatic carbocycles. The largest absolute Gasteiger partial charge is 0.394 e. The molecule has 3 N–H and O–H groups in total. The Morgan fingerprint density at radius 2 is 2.00 bits per heavy atom. The van der Waals surface area contributed by atoms with E-state index in [2.05, 4.69) is 22.5 Å². The Morgan fingerprint density at radius 3 is 2.60 bits per heavy atom. The molecule has 3 atom stereocenters. The molecule has 2 fully saturated rings. The van der Waals surface area contributed by atoms with Crippen LogP contribution in [0, 0.1) is 5.92 Å². The molecule has 1 aliphatic heterocycles. The molecule has 1 saturated carbocycles. The Balaban J connectivity index is 1.76. The maximum Gasteiger partial charge on any atom is 0.315 e. The third-order valence-electron chi connectivity index (χ3n) is 4.80. The first-order chi connectivity index (χ1) is 9.60. The molecule has 5 heteroatoms. The van der Waals surface area contributed by atoms with Crippen LogP contribution in [0.15, 0.2) is 0 Å². The zero-order valence-electron chi connectivity index (χ0n) is 12.8. The summed E-state index contributed by atoms with van der Waals surface area (Å²) in [5, 5.41) is 14.7. The monoisotopic (exact) mass is 283 g/mol. The highest BCUT2D eigenvalue weighted by Gasteiger charge is 2.31. The van der Waals surface area contributed by atoms with Gasteiger partial charge in [0.15, 0.2) is 0 Å². The Hall–Kier alpha value is -0.810. The Morgan fingerprint density at radius 1 is 1.25 bits per heavy atom. The molecule has 116 valence electrons. The van der Waals surface area contributed by atoms with E-state index in [1.54, 1.807) is 6.92 Å². The van der Waals surface area contributed by atoms with E-state index in [0.29, 0.717) is 5.92 Å². The summed E-state index contributed by atoms with van der Waals surface area (Å²) in [7, 11) is 0. The number of carbonyl (C=O) groups excluding carboxylic acids is 1. The molecule has 1 saturated heterocycles. The van der Waals surface area contributed by atoms with Crippen LogP contribution in [0.5, 0.6) is 0 Å². The Labute approximate surface area is 122 Å². The molecule has 5 nitrogen and oxygen atoms in total. The summed E-state index contributed by atoms with van der Waals surface area (Å²) in [6, 6.07) is 0.622. The van der Waals surface area contributed by atoms with Crippen LogP contribution >= 0.6 is 0 Å². The molecule has 0 aromatic rings. The molecule has 0 spiro atoms. The quantitative estimate of drug-likeness (QED) is 0.713. The van der Waals surface area contributed by atoms with Crippen LogP contribution in [0.4, 0.5) is 4.79 Å². The molecule has 0 bridgehead atoms. The van der Waals surface area contributed by atoms with Crippen molar-refractivity contribution in [3.63, 3.8) is 0 Å². The average Bonchev–Trinajstić information content (AvgIpc) is 2.36. The maximum absolute atomic E-state index is 11.8. The highest BCUT2D eigenvalue weighted by Crippen LogP contribution is 2.30. The topological polar surface area (TPSA) is 64.6 Å². The van der Waals surface area contributed by atoms with Gasteiger partial charge in [-0.05, 0) is 52.0 Å². The third-order valence-corrected chi connectivity index (χ3v) is 4.80. The fraction of sp³-hybridized carbons (Fsp3) is 0.933. The average molecular weight is 283 g/mol. The molecule has 0 radical (unpaired) electrons. The minimum Gasteiger partial charge on any atom is -0.394 e. The summed E-state index contributed by atoms with van der Waals surface area (Å²) in [5.74, 6) is 0.541. The SMILES string of the molecule is CC(CO)NC(=O)NC(C)C1CCCN(C2CCC2)C1. The molecule has 2 rings (SSSR count). The van der Waals surface area contributed by atoms with Crippen LogP contribution < -0.4 is 10.6 Å². The van der Waals surface area contributed by atoms with E-state index in [1.165, 1.54) is 38.6 Å². The van der Waals surface area contributed by atoms with Crippen LogP contribution in [0.25, 0.3) is 0 Å². The van der Waals surface area contributed by atoms with Gasteiger partial charge in [0.05, 0.1) is 12.6 Å². The number of nitrogens with one attached hydrogen (secondary N) is 2. The molecule has 2 amide bonds. The van der Waals surface area contributed by atoms with Gasteiger partial charge in [0.2, 0.25) is 0 Å². The predicted octanol–water partition coefficient (Wildman–Crippen LogP) is 1.32. The summed E-state index contributed by atoms with van der Waals surface area (Å²) in [6.07, 6.45) is 6.51. The van der Waals surface area contributed by atoms with Crippen molar-refractivity contribution in [3.05, 3.63) is 0 Å². The lowest BCUT2D eigenvalue weighted by Gasteiger charge is -2.43. The van der Waals surface area contributed by atoms with E-state index in [4.69, 9.17) is 5.11 Å². The molecular weight excluding hydrogens is 254 g/mol. The Kier molecular flexibility index (Phi) is 5.66. The first kappa shape index (κ1) is 15.6. The standard InChI is InChI=1S/C15H29N3O2/c1-11(10-19)16-15(20)17-12(2)13-5-4-8-18(9-13)14-6-3-7-14/h11-14,19H,3-10H2,1-2H3,(H2,16,17,20). The summed E-state index contributed by atoms with van der Waals surface area (Å²) in [5.41, 5.74) is 0. The summed E-state index contributed by atoms with van der Waals surface area (Å²) in [6.45, 7) is 6.20. The second-order valence-electron chi connectivity index (χ2n) is 6.47. The minimum atomic E-state index is -0.194. The van der Waals surface area contributed by atoms with Gasteiger partial charge in [-0.3, -0.25) is 0 Å². The maximum atomic E-state index is 11.8. The molecule has 2 aliphatic rings. The van der Waals surface area contributed by atoms with Gasteiger partial charge in [-0.2, -0.15) is 0 Å². The van der Waals surface area contributed by atoms with Gasteiger partial charge in [-0.15, -0.1) is 0 Å². The van der Waals surface area contributed by atoms with Crippen LogP contribution in [0.3, 0.4) is 0 Å². The van der Waals surface area contributed by atoms with Gasteiger partial charge in [0.1, 0.15) is 0 Å². The van der Waals surface area contributed by atoms with Crippen LogP contribution in [-0.2, 0) is 0 Å². The van der Waals surface area contributed by atoms with Crippen molar-refractivity contribution in [1.29, 1.82) is 0 Å². The molecule has 1 heterocycles. The number of urea groups is 1. The number of carbonyl (C=O) groups is 1. The van der Waals surface area contributed by atoms with Gasteiger partial charge >= 0.3 is 6.03 Å². The van der Waals surface area contributed by atoms with Crippen molar-refractivity contribution in [2.45, 2.75) is 64.1 Å². The molecule has 20 heavy (non-hydrogen) atoms. The van der Waals surface area contributed by atoms with Gasteiger partial charge in [-0.1, -0.05) is 6.42 Å². The number of hydrogen-bond acceptors (Lipinski definition) is 3. The lowest BCUT2D eigenvalue weighted by molar-refractivity contribution is 0.0677. The lowest BCUT2D eigenvalue weighted by Crippen LogP contribution is -2.53. The first-order valence-electron chi connectivity index (χ1n) is 8.02. The van der Waals surface area contributed by atoms with Crippen molar-refractivity contribution >= 4 is 6.03 Å². The van der Waals surface area contributed by atoms with Crippen molar-refractivity contribution in [2.75, 3.05) is 19.7 Å². The van der Waals surface area contributed by atoms with E-state index in [9.17, 15) is 4.79 Å².